The Morgan fingerprint density at radius 3 is 2.71 bits per heavy atom. The number of phenols is 1. The van der Waals surface area contributed by atoms with Crippen LogP contribution in [-0.4, -0.2) is 16.8 Å². The van der Waals surface area contributed by atoms with E-state index < -0.39 is 6.10 Å². The fourth-order valence-corrected chi connectivity index (χ4v) is 3.34. The van der Waals surface area contributed by atoms with E-state index in [1.807, 2.05) is 30.3 Å². The average Bonchev–Trinajstić information content (AvgIpc) is 2.91. The van der Waals surface area contributed by atoms with Crippen molar-refractivity contribution in [3.63, 3.8) is 0 Å². The van der Waals surface area contributed by atoms with Gasteiger partial charge in [0.05, 0.1) is 0 Å². The first-order valence-electron chi connectivity index (χ1n) is 6.87. The maximum atomic E-state index is 10.3. The molecule has 0 aliphatic rings. The first-order chi connectivity index (χ1) is 10.2. The maximum Gasteiger partial charge on any atom is 0.115 e. The van der Waals surface area contributed by atoms with E-state index in [1.54, 1.807) is 23.5 Å². The van der Waals surface area contributed by atoms with E-state index >= 15 is 0 Å². The van der Waals surface area contributed by atoms with E-state index in [1.165, 1.54) is 10.1 Å². The van der Waals surface area contributed by atoms with E-state index in [0.29, 0.717) is 13.1 Å². The van der Waals surface area contributed by atoms with E-state index in [4.69, 9.17) is 0 Å². The molecule has 1 heterocycles. The molecule has 3 nitrogen and oxygen atoms in total. The van der Waals surface area contributed by atoms with Crippen LogP contribution >= 0.6 is 11.3 Å². The van der Waals surface area contributed by atoms with Gasteiger partial charge in [-0.2, -0.15) is 0 Å². The molecule has 1 aromatic heterocycles. The van der Waals surface area contributed by atoms with E-state index in [9.17, 15) is 10.2 Å². The molecule has 3 aromatic rings. The highest BCUT2D eigenvalue weighted by molar-refractivity contribution is 7.19. The molecule has 2 aromatic carbocycles. The van der Waals surface area contributed by atoms with Crippen LogP contribution in [0.3, 0.4) is 0 Å². The summed E-state index contributed by atoms with van der Waals surface area (Å²) >= 11 is 1.62. The van der Waals surface area contributed by atoms with Gasteiger partial charge >= 0.3 is 0 Å². The highest BCUT2D eigenvalue weighted by atomic mass is 32.1. The van der Waals surface area contributed by atoms with Gasteiger partial charge in [-0.1, -0.05) is 30.3 Å². The Bertz CT molecular complexity index is 705. The molecular weight excluding hydrogens is 282 g/mol. The predicted octanol–water partition coefficient (Wildman–Crippen LogP) is 3.43. The highest BCUT2D eigenvalue weighted by Crippen LogP contribution is 2.29. The molecule has 0 aliphatic heterocycles. The van der Waals surface area contributed by atoms with Gasteiger partial charge in [0.25, 0.3) is 0 Å². The van der Waals surface area contributed by atoms with Crippen molar-refractivity contribution in [3.8, 4) is 5.75 Å². The Kier molecular flexibility index (Phi) is 4.20. The summed E-state index contributed by atoms with van der Waals surface area (Å²) in [6.07, 6.45) is -0.514. The molecule has 3 N–H and O–H groups in total. The topological polar surface area (TPSA) is 52.5 Å². The minimum Gasteiger partial charge on any atom is -0.508 e. The van der Waals surface area contributed by atoms with Crippen molar-refractivity contribution in [2.75, 3.05) is 6.54 Å². The lowest BCUT2D eigenvalue weighted by Crippen LogP contribution is -2.20. The third kappa shape index (κ3) is 3.42. The summed E-state index contributed by atoms with van der Waals surface area (Å²) in [6.45, 7) is 1.11. The van der Waals surface area contributed by atoms with Gasteiger partial charge < -0.3 is 15.5 Å². The van der Waals surface area contributed by atoms with Crippen molar-refractivity contribution in [2.24, 2.45) is 0 Å². The van der Waals surface area contributed by atoms with Gasteiger partial charge in [0.15, 0.2) is 0 Å². The molecule has 0 bridgehead atoms. The van der Waals surface area contributed by atoms with Crippen LogP contribution in [0.4, 0.5) is 0 Å². The second-order valence-corrected chi connectivity index (χ2v) is 6.12. The van der Waals surface area contributed by atoms with Crippen LogP contribution in [0.15, 0.2) is 54.6 Å². The molecule has 0 aliphatic carbocycles. The Morgan fingerprint density at radius 1 is 1.05 bits per heavy atom. The number of hydrogen-bond donors (Lipinski definition) is 3. The zero-order valence-electron chi connectivity index (χ0n) is 11.5. The SMILES string of the molecule is Oc1cccc(CNCC(O)c2cc3ccccc3s2)c1. The van der Waals surface area contributed by atoms with Gasteiger partial charge in [-0.3, -0.25) is 0 Å². The Balaban J connectivity index is 1.60. The number of thiophene rings is 1. The maximum absolute atomic E-state index is 10.3. The normalized spacial score (nSPS) is 12.6. The number of nitrogens with one attached hydrogen (secondary N) is 1. The first kappa shape index (κ1) is 14.1. The number of rotatable bonds is 5. The number of aliphatic hydroxyl groups is 1. The number of aromatic hydroxyl groups is 1. The Morgan fingerprint density at radius 2 is 1.90 bits per heavy atom. The Labute approximate surface area is 127 Å². The van der Waals surface area contributed by atoms with Crippen molar-refractivity contribution in [1.29, 1.82) is 0 Å². The number of fused-ring (bicyclic) bond motifs is 1. The molecule has 0 saturated heterocycles. The summed E-state index contributed by atoms with van der Waals surface area (Å²) in [4.78, 5) is 0.972. The average molecular weight is 299 g/mol. The fraction of sp³-hybridized carbons (Fsp3) is 0.176. The molecule has 0 amide bonds. The lowest BCUT2D eigenvalue weighted by molar-refractivity contribution is 0.178. The molecule has 0 saturated carbocycles. The predicted molar refractivity (Wildman–Crippen MR) is 86.6 cm³/mol. The van der Waals surface area contributed by atoms with Crippen molar-refractivity contribution >= 4 is 21.4 Å². The quantitative estimate of drug-likeness (QED) is 0.676. The molecule has 0 spiro atoms. The molecule has 1 unspecified atom stereocenters. The summed E-state index contributed by atoms with van der Waals surface area (Å²) < 4.78 is 1.19. The van der Waals surface area contributed by atoms with Crippen molar-refractivity contribution < 1.29 is 10.2 Å². The van der Waals surface area contributed by atoms with Crippen LogP contribution in [0, 0.1) is 0 Å². The lowest BCUT2D eigenvalue weighted by atomic mass is 10.2. The zero-order valence-corrected chi connectivity index (χ0v) is 12.3. The second kappa shape index (κ2) is 6.26. The fourth-order valence-electron chi connectivity index (χ4n) is 2.29. The van der Waals surface area contributed by atoms with E-state index in [-0.39, 0.29) is 5.75 Å². The molecular formula is C17H17NO2S. The highest BCUT2D eigenvalue weighted by Gasteiger charge is 2.10. The van der Waals surface area contributed by atoms with Crippen LogP contribution in [-0.2, 0) is 6.54 Å². The molecule has 1 atom stereocenters. The monoisotopic (exact) mass is 299 g/mol. The summed E-state index contributed by atoms with van der Waals surface area (Å²) in [7, 11) is 0. The van der Waals surface area contributed by atoms with Gasteiger partial charge in [-0.05, 0) is 35.2 Å². The van der Waals surface area contributed by atoms with Gasteiger partial charge in [0, 0.05) is 22.7 Å². The number of hydrogen-bond acceptors (Lipinski definition) is 4. The van der Waals surface area contributed by atoms with Gasteiger partial charge in [-0.15, -0.1) is 11.3 Å². The number of aliphatic hydroxyl groups excluding tert-OH is 1. The number of phenolic OH excluding ortho intramolecular Hbond substituents is 1. The third-order valence-electron chi connectivity index (χ3n) is 3.35. The minimum atomic E-state index is -0.514. The third-order valence-corrected chi connectivity index (χ3v) is 4.57. The van der Waals surface area contributed by atoms with Crippen LogP contribution in [0.1, 0.15) is 16.5 Å². The van der Waals surface area contributed by atoms with Crippen LogP contribution in [0.25, 0.3) is 10.1 Å². The minimum absolute atomic E-state index is 0.263. The Hall–Kier alpha value is -1.88. The lowest BCUT2D eigenvalue weighted by Gasteiger charge is -2.10. The van der Waals surface area contributed by atoms with Gasteiger partial charge in [-0.25, -0.2) is 0 Å². The first-order valence-corrected chi connectivity index (χ1v) is 7.69. The van der Waals surface area contributed by atoms with Crippen LogP contribution < -0.4 is 5.32 Å². The standard InChI is InChI=1S/C17H17NO2S/c19-14-6-3-4-12(8-14)10-18-11-15(20)17-9-13-5-1-2-7-16(13)21-17/h1-9,15,18-20H,10-11H2. The van der Waals surface area contributed by atoms with Crippen molar-refractivity contribution in [1.82, 2.24) is 5.32 Å². The summed E-state index contributed by atoms with van der Waals surface area (Å²) in [5.74, 6) is 0.263. The van der Waals surface area contributed by atoms with Gasteiger partial charge in [0.2, 0.25) is 0 Å². The zero-order chi connectivity index (χ0) is 14.7. The van der Waals surface area contributed by atoms with E-state index in [0.717, 1.165) is 10.4 Å². The van der Waals surface area contributed by atoms with Crippen LogP contribution in [0.2, 0.25) is 0 Å². The van der Waals surface area contributed by atoms with Crippen LogP contribution in [0.5, 0.6) is 5.75 Å². The summed E-state index contributed by atoms with van der Waals surface area (Å²) in [5.41, 5.74) is 0.999. The molecule has 0 fully saturated rings. The summed E-state index contributed by atoms with van der Waals surface area (Å²) in [6, 6.07) is 17.3. The molecule has 0 radical (unpaired) electrons. The summed E-state index contributed by atoms with van der Waals surface area (Å²) in [5, 5.41) is 24.0. The second-order valence-electron chi connectivity index (χ2n) is 5.00. The molecule has 4 heteroatoms. The van der Waals surface area contributed by atoms with E-state index in [2.05, 4.69) is 17.4 Å². The molecule has 108 valence electrons. The van der Waals surface area contributed by atoms with Crippen molar-refractivity contribution in [3.05, 3.63) is 65.0 Å². The molecule has 21 heavy (non-hydrogen) atoms. The largest absolute Gasteiger partial charge is 0.508 e. The smallest absolute Gasteiger partial charge is 0.115 e. The number of benzene rings is 2. The van der Waals surface area contributed by atoms with Gasteiger partial charge in [0.1, 0.15) is 11.9 Å². The molecule has 3 rings (SSSR count). The van der Waals surface area contributed by atoms with Crippen molar-refractivity contribution in [2.45, 2.75) is 12.6 Å².